The van der Waals surface area contributed by atoms with E-state index in [0.717, 1.165) is 10.0 Å². The monoisotopic (exact) mass is 350 g/mol. The Hall–Kier alpha value is -0.790. The number of halogens is 2. The van der Waals surface area contributed by atoms with Crippen LogP contribution in [0.4, 0.5) is 0 Å². The van der Waals surface area contributed by atoms with Crippen molar-refractivity contribution >= 4 is 27.5 Å². The van der Waals surface area contributed by atoms with E-state index in [1.165, 1.54) is 33.4 Å². The van der Waals surface area contributed by atoms with Gasteiger partial charge in [0.2, 0.25) is 0 Å². The number of rotatable bonds is 2. The molecule has 2 heteroatoms. The summed E-state index contributed by atoms with van der Waals surface area (Å²) < 4.78 is 1.08. The second kappa shape index (κ2) is 5.91. The van der Waals surface area contributed by atoms with Crippen molar-refractivity contribution in [3.63, 3.8) is 0 Å². The number of hydrogen-bond donors (Lipinski definition) is 0. The third-order valence-corrected chi connectivity index (χ3v) is 4.96. The Morgan fingerprint density at radius 3 is 1.90 bits per heavy atom. The van der Waals surface area contributed by atoms with Gasteiger partial charge in [-0.1, -0.05) is 28.1 Å². The molecule has 0 saturated heterocycles. The lowest BCUT2D eigenvalue weighted by molar-refractivity contribution is 1.05. The van der Waals surface area contributed by atoms with Gasteiger partial charge >= 0.3 is 0 Å². The summed E-state index contributed by atoms with van der Waals surface area (Å²) in [4.78, 5) is 0. The van der Waals surface area contributed by atoms with Crippen LogP contribution in [0.25, 0.3) is 0 Å². The van der Waals surface area contributed by atoms with Gasteiger partial charge < -0.3 is 0 Å². The second-order valence-electron chi connectivity index (χ2n) is 5.60. The highest BCUT2D eigenvalue weighted by Gasteiger charge is 2.18. The van der Waals surface area contributed by atoms with E-state index in [1.807, 2.05) is 0 Å². The molecule has 0 aliphatic rings. The first-order chi connectivity index (χ1) is 9.31. The molecule has 0 nitrogen and oxygen atoms in total. The molecular weight excluding hydrogens is 332 g/mol. The number of hydrogen-bond acceptors (Lipinski definition) is 0. The summed E-state index contributed by atoms with van der Waals surface area (Å²) in [5, 5.41) is -0.107. The summed E-state index contributed by atoms with van der Waals surface area (Å²) in [6, 6.07) is 8.62. The van der Waals surface area contributed by atoms with E-state index in [2.05, 4.69) is 74.8 Å². The lowest BCUT2D eigenvalue weighted by atomic mass is 9.89. The molecule has 0 aliphatic carbocycles. The fourth-order valence-corrected chi connectivity index (χ4v) is 3.78. The van der Waals surface area contributed by atoms with E-state index < -0.39 is 0 Å². The van der Waals surface area contributed by atoms with Gasteiger partial charge in [0.15, 0.2) is 0 Å². The normalized spacial score (nSPS) is 12.6. The highest BCUT2D eigenvalue weighted by atomic mass is 79.9. The predicted molar refractivity (Wildman–Crippen MR) is 92.0 cm³/mol. The van der Waals surface area contributed by atoms with Gasteiger partial charge in [0.25, 0.3) is 0 Å². The molecule has 0 heterocycles. The Morgan fingerprint density at radius 1 is 0.850 bits per heavy atom. The van der Waals surface area contributed by atoms with Crippen molar-refractivity contribution in [2.75, 3.05) is 0 Å². The molecule has 2 aromatic rings. The van der Waals surface area contributed by atoms with Crippen molar-refractivity contribution < 1.29 is 0 Å². The Kier molecular flexibility index (Phi) is 4.61. The smallest absolute Gasteiger partial charge is 0.0841 e. The summed E-state index contributed by atoms with van der Waals surface area (Å²) in [5.41, 5.74) is 8.83. The minimum absolute atomic E-state index is 0.107. The first-order valence-electron chi connectivity index (χ1n) is 6.79. The molecule has 106 valence electrons. The second-order valence-corrected chi connectivity index (χ2v) is 6.95. The van der Waals surface area contributed by atoms with E-state index in [1.54, 1.807) is 0 Å². The molecule has 2 aromatic carbocycles. The highest BCUT2D eigenvalue weighted by molar-refractivity contribution is 9.10. The zero-order chi connectivity index (χ0) is 15.0. The van der Waals surface area contributed by atoms with Crippen molar-refractivity contribution in [2.24, 2.45) is 0 Å². The third kappa shape index (κ3) is 2.94. The van der Waals surface area contributed by atoms with Gasteiger partial charge in [-0.2, -0.15) is 0 Å². The third-order valence-electron chi connectivity index (χ3n) is 4.03. The fraction of sp³-hybridized carbons (Fsp3) is 0.333. The minimum Gasteiger partial charge on any atom is -0.113 e. The lowest BCUT2D eigenvalue weighted by Crippen LogP contribution is -2.04. The van der Waals surface area contributed by atoms with Crippen LogP contribution in [0, 0.1) is 34.6 Å². The number of benzene rings is 2. The summed E-state index contributed by atoms with van der Waals surface area (Å²) in [7, 11) is 0. The number of alkyl halides is 1. The summed E-state index contributed by atoms with van der Waals surface area (Å²) in [6.45, 7) is 10.7. The first-order valence-corrected chi connectivity index (χ1v) is 8.02. The van der Waals surface area contributed by atoms with Crippen LogP contribution in [0.3, 0.4) is 0 Å². The molecule has 0 radical (unpaired) electrons. The first kappa shape index (κ1) is 15.6. The van der Waals surface area contributed by atoms with Gasteiger partial charge in [0, 0.05) is 4.47 Å². The average Bonchev–Trinajstić information content (AvgIpc) is 2.35. The van der Waals surface area contributed by atoms with Gasteiger partial charge in [-0.15, -0.1) is 11.6 Å². The molecule has 0 bridgehead atoms. The standard InChI is InChI=1S/C18H20BrCl/c1-10-6-15(9-16(19)7-10)18(20)17-13(4)11(2)8-12(3)14(17)5/h6-9,18H,1-5H3. The largest absolute Gasteiger partial charge is 0.113 e. The van der Waals surface area contributed by atoms with Crippen LogP contribution in [0.5, 0.6) is 0 Å². The van der Waals surface area contributed by atoms with Crippen molar-refractivity contribution in [2.45, 2.75) is 40.0 Å². The zero-order valence-electron chi connectivity index (χ0n) is 12.6. The summed E-state index contributed by atoms with van der Waals surface area (Å²) in [6.07, 6.45) is 0. The maximum Gasteiger partial charge on any atom is 0.0841 e. The van der Waals surface area contributed by atoms with Crippen molar-refractivity contribution in [1.82, 2.24) is 0 Å². The van der Waals surface area contributed by atoms with Crippen LogP contribution in [-0.2, 0) is 0 Å². The van der Waals surface area contributed by atoms with E-state index in [9.17, 15) is 0 Å². The zero-order valence-corrected chi connectivity index (χ0v) is 15.0. The van der Waals surface area contributed by atoms with Crippen molar-refractivity contribution in [3.05, 3.63) is 67.7 Å². The fourth-order valence-electron chi connectivity index (χ4n) is 2.71. The van der Waals surface area contributed by atoms with E-state index in [-0.39, 0.29) is 5.38 Å². The van der Waals surface area contributed by atoms with Gasteiger partial charge in [-0.3, -0.25) is 0 Å². The molecule has 0 amide bonds. The Bertz CT molecular complexity index is 612. The molecule has 20 heavy (non-hydrogen) atoms. The minimum atomic E-state index is -0.107. The van der Waals surface area contributed by atoms with Crippen LogP contribution in [-0.4, -0.2) is 0 Å². The maximum atomic E-state index is 6.81. The van der Waals surface area contributed by atoms with Gasteiger partial charge in [-0.05, 0) is 85.7 Å². The van der Waals surface area contributed by atoms with Gasteiger partial charge in [0.1, 0.15) is 0 Å². The van der Waals surface area contributed by atoms with Crippen LogP contribution >= 0.6 is 27.5 Å². The van der Waals surface area contributed by atoms with Crippen LogP contribution in [0.2, 0.25) is 0 Å². The van der Waals surface area contributed by atoms with Crippen LogP contribution in [0.1, 0.15) is 44.3 Å². The van der Waals surface area contributed by atoms with Crippen molar-refractivity contribution in [1.29, 1.82) is 0 Å². The molecule has 1 atom stereocenters. The van der Waals surface area contributed by atoms with Gasteiger partial charge in [0.05, 0.1) is 5.38 Å². The molecule has 0 saturated carbocycles. The quantitative estimate of drug-likeness (QED) is 0.555. The summed E-state index contributed by atoms with van der Waals surface area (Å²) >= 11 is 10.4. The average molecular weight is 352 g/mol. The van der Waals surface area contributed by atoms with Crippen molar-refractivity contribution in [3.8, 4) is 0 Å². The summed E-state index contributed by atoms with van der Waals surface area (Å²) in [5.74, 6) is 0. The predicted octanol–water partition coefficient (Wildman–Crippen LogP) is 6.32. The van der Waals surface area contributed by atoms with E-state index in [4.69, 9.17) is 11.6 Å². The Morgan fingerprint density at radius 2 is 1.40 bits per heavy atom. The van der Waals surface area contributed by atoms with Crippen LogP contribution in [0.15, 0.2) is 28.7 Å². The molecule has 0 aromatic heterocycles. The SMILES string of the molecule is Cc1cc(Br)cc(C(Cl)c2c(C)c(C)cc(C)c2C)c1. The number of aryl methyl sites for hydroxylation is 3. The van der Waals surface area contributed by atoms with Crippen LogP contribution < -0.4 is 0 Å². The highest BCUT2D eigenvalue weighted by Crippen LogP contribution is 2.37. The molecule has 2 rings (SSSR count). The molecule has 0 fully saturated rings. The lowest BCUT2D eigenvalue weighted by Gasteiger charge is -2.20. The van der Waals surface area contributed by atoms with E-state index >= 15 is 0 Å². The molecule has 0 N–H and O–H groups in total. The molecule has 0 aliphatic heterocycles. The van der Waals surface area contributed by atoms with E-state index in [0.29, 0.717) is 0 Å². The maximum absolute atomic E-state index is 6.81. The Labute approximate surface area is 135 Å². The molecular formula is C18H20BrCl. The van der Waals surface area contributed by atoms with Gasteiger partial charge in [-0.25, -0.2) is 0 Å². The molecule has 0 spiro atoms. The Balaban J connectivity index is 2.61. The molecule has 1 unspecified atom stereocenters. The topological polar surface area (TPSA) is 0 Å².